The normalized spacial score (nSPS) is 17.8. The largest absolute Gasteiger partial charge is 0.454 e. The zero-order chi connectivity index (χ0) is 19.8. The molecule has 0 saturated carbocycles. The highest BCUT2D eigenvalue weighted by Crippen LogP contribution is 2.34. The van der Waals surface area contributed by atoms with Gasteiger partial charge in [0.05, 0.1) is 23.8 Å². The second-order valence-corrected chi connectivity index (χ2v) is 8.10. The minimum atomic E-state index is -0.384. The van der Waals surface area contributed by atoms with E-state index < -0.39 is 0 Å². The summed E-state index contributed by atoms with van der Waals surface area (Å²) in [7, 11) is 0. The van der Waals surface area contributed by atoms with Gasteiger partial charge in [-0.2, -0.15) is 0 Å². The number of thiazole rings is 1. The fraction of sp³-hybridized carbons (Fsp3) is 0.333. The standard InChI is InChI=1S/C21H19FN2O4S/c22-15-4-1-5-18-20(15)23-21(29-18)24(11-14-3-2-8-26-14)19(25)10-13-6-7-16-17(9-13)28-12-27-16/h1,4-7,9,14H,2-3,8,10-12H2/t14-/m1/s1. The predicted molar refractivity (Wildman–Crippen MR) is 107 cm³/mol. The predicted octanol–water partition coefficient (Wildman–Crippen LogP) is 3.92. The Hall–Kier alpha value is -2.71. The summed E-state index contributed by atoms with van der Waals surface area (Å²) >= 11 is 1.32. The Morgan fingerprint density at radius 1 is 1.24 bits per heavy atom. The highest BCUT2D eigenvalue weighted by atomic mass is 32.1. The van der Waals surface area contributed by atoms with Crippen molar-refractivity contribution in [3.63, 3.8) is 0 Å². The number of carbonyl (C=O) groups is 1. The molecule has 3 heterocycles. The molecule has 1 amide bonds. The number of hydrogen-bond acceptors (Lipinski definition) is 6. The molecule has 2 aromatic carbocycles. The third-order valence-corrected chi connectivity index (χ3v) is 6.14. The lowest BCUT2D eigenvalue weighted by molar-refractivity contribution is -0.118. The van der Waals surface area contributed by atoms with E-state index in [9.17, 15) is 9.18 Å². The molecule has 0 unspecified atom stereocenters. The van der Waals surface area contributed by atoms with Crippen LogP contribution in [0.3, 0.4) is 0 Å². The summed E-state index contributed by atoms with van der Waals surface area (Å²) in [6, 6.07) is 10.3. The molecule has 0 N–H and O–H groups in total. The van der Waals surface area contributed by atoms with Gasteiger partial charge in [-0.05, 0) is 42.7 Å². The Morgan fingerprint density at radius 2 is 2.14 bits per heavy atom. The van der Waals surface area contributed by atoms with E-state index in [1.54, 1.807) is 11.0 Å². The van der Waals surface area contributed by atoms with Crippen LogP contribution in [0, 0.1) is 5.82 Å². The number of ether oxygens (including phenoxy) is 3. The maximum atomic E-state index is 14.1. The van der Waals surface area contributed by atoms with Crippen molar-refractivity contribution < 1.29 is 23.4 Å². The molecule has 1 aromatic heterocycles. The summed E-state index contributed by atoms with van der Waals surface area (Å²) in [5, 5.41) is 0.492. The molecular weight excluding hydrogens is 395 g/mol. The Bertz CT molecular complexity index is 1060. The number of fused-ring (bicyclic) bond motifs is 2. The van der Waals surface area contributed by atoms with Gasteiger partial charge < -0.3 is 14.2 Å². The third-order valence-electron chi connectivity index (χ3n) is 5.09. The van der Waals surface area contributed by atoms with Crippen LogP contribution in [0.25, 0.3) is 10.2 Å². The van der Waals surface area contributed by atoms with E-state index in [0.29, 0.717) is 40.0 Å². The minimum absolute atomic E-state index is 0.0347. The summed E-state index contributed by atoms with van der Waals surface area (Å²) < 4.78 is 31.3. The summed E-state index contributed by atoms with van der Waals surface area (Å²) in [5.74, 6) is 0.825. The van der Waals surface area contributed by atoms with E-state index >= 15 is 0 Å². The number of hydrogen-bond donors (Lipinski definition) is 0. The number of anilines is 1. The summed E-state index contributed by atoms with van der Waals surface area (Å²) in [6.07, 6.45) is 2.02. The zero-order valence-electron chi connectivity index (χ0n) is 15.6. The van der Waals surface area contributed by atoms with E-state index in [1.807, 2.05) is 24.3 Å². The van der Waals surface area contributed by atoms with Crippen molar-refractivity contribution in [1.29, 1.82) is 0 Å². The van der Waals surface area contributed by atoms with Crippen LogP contribution >= 0.6 is 11.3 Å². The monoisotopic (exact) mass is 414 g/mol. The number of rotatable bonds is 5. The molecule has 1 fully saturated rings. The Morgan fingerprint density at radius 3 is 2.97 bits per heavy atom. The first-order valence-electron chi connectivity index (χ1n) is 9.53. The number of aromatic nitrogens is 1. The smallest absolute Gasteiger partial charge is 0.233 e. The Labute approximate surface area is 170 Å². The van der Waals surface area contributed by atoms with Crippen molar-refractivity contribution in [2.75, 3.05) is 24.8 Å². The fourth-order valence-corrected chi connectivity index (χ4v) is 4.62. The minimum Gasteiger partial charge on any atom is -0.454 e. The molecule has 0 aliphatic carbocycles. The van der Waals surface area contributed by atoms with Gasteiger partial charge in [0.25, 0.3) is 0 Å². The lowest BCUT2D eigenvalue weighted by Crippen LogP contribution is -2.38. The van der Waals surface area contributed by atoms with Crippen LogP contribution in [-0.2, 0) is 16.0 Å². The summed E-state index contributed by atoms with van der Waals surface area (Å²) in [6.45, 7) is 1.29. The topological polar surface area (TPSA) is 60.9 Å². The molecule has 0 radical (unpaired) electrons. The number of para-hydroxylation sites is 1. The Kier molecular flexibility index (Phi) is 4.81. The molecule has 29 heavy (non-hydrogen) atoms. The van der Waals surface area contributed by atoms with E-state index in [0.717, 1.165) is 18.4 Å². The summed E-state index contributed by atoms with van der Waals surface area (Å²) in [4.78, 5) is 19.3. The number of benzene rings is 2. The molecule has 3 aromatic rings. The van der Waals surface area contributed by atoms with Crippen LogP contribution in [0.15, 0.2) is 36.4 Å². The number of amides is 1. The van der Waals surface area contributed by atoms with Gasteiger partial charge in [-0.25, -0.2) is 9.37 Å². The van der Waals surface area contributed by atoms with E-state index in [1.165, 1.54) is 17.4 Å². The number of nitrogens with zero attached hydrogens (tertiary/aromatic N) is 2. The van der Waals surface area contributed by atoms with Gasteiger partial charge in [-0.3, -0.25) is 9.69 Å². The third kappa shape index (κ3) is 3.65. The molecule has 2 aliphatic heterocycles. The van der Waals surface area contributed by atoms with E-state index in [2.05, 4.69) is 4.98 Å². The molecule has 0 spiro atoms. The van der Waals surface area contributed by atoms with Crippen molar-refractivity contribution >= 4 is 32.6 Å². The molecule has 8 heteroatoms. The lowest BCUT2D eigenvalue weighted by Gasteiger charge is -2.23. The lowest BCUT2D eigenvalue weighted by atomic mass is 10.1. The second-order valence-electron chi connectivity index (χ2n) is 7.09. The van der Waals surface area contributed by atoms with Gasteiger partial charge in [0.15, 0.2) is 16.6 Å². The number of halogens is 1. The van der Waals surface area contributed by atoms with Gasteiger partial charge in [0.2, 0.25) is 12.7 Å². The van der Waals surface area contributed by atoms with Gasteiger partial charge >= 0.3 is 0 Å². The molecule has 150 valence electrons. The van der Waals surface area contributed by atoms with Crippen molar-refractivity contribution in [2.24, 2.45) is 0 Å². The highest BCUT2D eigenvalue weighted by Gasteiger charge is 2.27. The molecule has 6 nitrogen and oxygen atoms in total. The molecule has 2 aliphatic rings. The average Bonchev–Trinajstić information content (AvgIpc) is 3.46. The summed E-state index contributed by atoms with van der Waals surface area (Å²) in [5.41, 5.74) is 1.12. The van der Waals surface area contributed by atoms with E-state index in [-0.39, 0.29) is 31.0 Å². The van der Waals surface area contributed by atoms with Crippen LogP contribution < -0.4 is 14.4 Å². The van der Waals surface area contributed by atoms with E-state index in [4.69, 9.17) is 14.2 Å². The number of carbonyl (C=O) groups excluding carboxylic acids is 1. The average molecular weight is 414 g/mol. The zero-order valence-corrected chi connectivity index (χ0v) is 16.4. The first kappa shape index (κ1) is 18.3. The van der Waals surface area contributed by atoms with Crippen LogP contribution in [0.5, 0.6) is 11.5 Å². The van der Waals surface area contributed by atoms with Crippen molar-refractivity contribution in [3.8, 4) is 11.5 Å². The van der Waals surface area contributed by atoms with Crippen molar-refractivity contribution in [3.05, 3.63) is 47.8 Å². The molecule has 0 bridgehead atoms. The first-order chi connectivity index (χ1) is 14.2. The second kappa shape index (κ2) is 7.61. The van der Waals surface area contributed by atoms with Crippen LogP contribution in [-0.4, -0.2) is 36.9 Å². The molecule has 5 rings (SSSR count). The van der Waals surface area contributed by atoms with Crippen LogP contribution in [0.1, 0.15) is 18.4 Å². The molecule has 1 saturated heterocycles. The maximum absolute atomic E-state index is 14.1. The van der Waals surface area contributed by atoms with Crippen LogP contribution in [0.2, 0.25) is 0 Å². The van der Waals surface area contributed by atoms with Gasteiger partial charge in [0.1, 0.15) is 11.3 Å². The molecule has 1 atom stereocenters. The molecular formula is C21H19FN2O4S. The SMILES string of the molecule is O=C(Cc1ccc2c(c1)OCO2)N(C[C@H]1CCCO1)c1nc2c(F)cccc2s1. The van der Waals surface area contributed by atoms with Crippen LogP contribution in [0.4, 0.5) is 9.52 Å². The Balaban J connectivity index is 1.44. The fourth-order valence-electron chi connectivity index (χ4n) is 3.62. The first-order valence-corrected chi connectivity index (χ1v) is 10.3. The maximum Gasteiger partial charge on any atom is 0.233 e. The van der Waals surface area contributed by atoms with Gasteiger partial charge in [-0.15, -0.1) is 0 Å². The van der Waals surface area contributed by atoms with Crippen molar-refractivity contribution in [2.45, 2.75) is 25.4 Å². The highest BCUT2D eigenvalue weighted by molar-refractivity contribution is 7.22. The quantitative estimate of drug-likeness (QED) is 0.633. The van der Waals surface area contributed by atoms with Gasteiger partial charge in [-0.1, -0.05) is 23.5 Å². The van der Waals surface area contributed by atoms with Gasteiger partial charge in [0, 0.05) is 6.61 Å². The van der Waals surface area contributed by atoms with Crippen molar-refractivity contribution in [1.82, 2.24) is 4.98 Å².